The molecule has 128 valence electrons. The van der Waals surface area contributed by atoms with Crippen molar-refractivity contribution in [2.24, 2.45) is 0 Å². The lowest BCUT2D eigenvalue weighted by atomic mass is 10.0. The fraction of sp³-hybridized carbons (Fsp3) is 0.611. The zero-order valence-electron chi connectivity index (χ0n) is 13.8. The number of amides is 1. The summed E-state index contributed by atoms with van der Waals surface area (Å²) >= 11 is 0. The second-order valence-electron chi connectivity index (χ2n) is 6.46. The van der Waals surface area contributed by atoms with Crippen LogP contribution in [0.15, 0.2) is 24.3 Å². The van der Waals surface area contributed by atoms with Crippen molar-refractivity contribution in [2.45, 2.75) is 51.2 Å². The highest BCUT2D eigenvalue weighted by molar-refractivity contribution is 5.85. The fourth-order valence-electron chi connectivity index (χ4n) is 3.29. The van der Waals surface area contributed by atoms with Crippen LogP contribution in [0, 0.1) is 6.92 Å². The van der Waals surface area contributed by atoms with Gasteiger partial charge in [0.05, 0.1) is 6.04 Å². The number of hydrogen-bond acceptors (Lipinski definition) is 3. The van der Waals surface area contributed by atoms with Gasteiger partial charge in [0.25, 0.3) is 0 Å². The van der Waals surface area contributed by atoms with E-state index in [0.717, 1.165) is 51.1 Å². The van der Waals surface area contributed by atoms with Crippen LogP contribution in [0.1, 0.15) is 37.7 Å². The van der Waals surface area contributed by atoms with E-state index in [2.05, 4.69) is 24.4 Å². The molecule has 1 aromatic carbocycles. The number of likely N-dealkylation sites (tertiary alicyclic amines) is 1. The van der Waals surface area contributed by atoms with Crippen LogP contribution in [-0.2, 0) is 4.79 Å². The van der Waals surface area contributed by atoms with Gasteiger partial charge in [0.15, 0.2) is 0 Å². The number of nitrogens with zero attached hydrogens (tertiary/aromatic N) is 1. The third-order valence-electron chi connectivity index (χ3n) is 4.69. The highest BCUT2D eigenvalue weighted by Crippen LogP contribution is 2.20. The largest absolute Gasteiger partial charge is 0.490 e. The van der Waals surface area contributed by atoms with E-state index < -0.39 is 0 Å². The number of ether oxygens (including phenoxy) is 1. The van der Waals surface area contributed by atoms with E-state index in [1.165, 1.54) is 12.0 Å². The van der Waals surface area contributed by atoms with Crippen molar-refractivity contribution in [1.29, 1.82) is 0 Å². The Labute approximate surface area is 145 Å². The van der Waals surface area contributed by atoms with Crippen LogP contribution in [0.25, 0.3) is 0 Å². The second-order valence-corrected chi connectivity index (χ2v) is 6.46. The highest BCUT2D eigenvalue weighted by atomic mass is 35.5. The van der Waals surface area contributed by atoms with E-state index in [9.17, 15) is 4.79 Å². The van der Waals surface area contributed by atoms with Gasteiger partial charge in [0.2, 0.25) is 5.91 Å². The number of halogens is 1. The summed E-state index contributed by atoms with van der Waals surface area (Å²) < 4.78 is 6.03. The minimum atomic E-state index is 0. The van der Waals surface area contributed by atoms with Crippen LogP contribution in [0.4, 0.5) is 0 Å². The molecule has 0 aromatic heterocycles. The number of aryl methyl sites for hydroxylation is 1. The van der Waals surface area contributed by atoms with E-state index in [1.54, 1.807) is 0 Å². The average Bonchev–Trinajstić information content (AvgIpc) is 2.58. The molecule has 23 heavy (non-hydrogen) atoms. The molecule has 1 aromatic rings. The quantitative estimate of drug-likeness (QED) is 0.921. The summed E-state index contributed by atoms with van der Waals surface area (Å²) in [6.45, 7) is 4.68. The molecule has 2 aliphatic rings. The summed E-state index contributed by atoms with van der Waals surface area (Å²) in [6.07, 6.45) is 5.41. The van der Waals surface area contributed by atoms with Gasteiger partial charge in [-0.05, 0) is 38.4 Å². The topological polar surface area (TPSA) is 41.6 Å². The Morgan fingerprint density at radius 3 is 2.43 bits per heavy atom. The lowest BCUT2D eigenvalue weighted by Crippen LogP contribution is -2.51. The molecule has 0 bridgehead atoms. The highest BCUT2D eigenvalue weighted by Gasteiger charge is 2.29. The van der Waals surface area contributed by atoms with Crippen molar-refractivity contribution in [3.63, 3.8) is 0 Å². The number of piperidine rings is 2. The lowest BCUT2D eigenvalue weighted by Gasteiger charge is -2.35. The van der Waals surface area contributed by atoms with Gasteiger partial charge in [-0.1, -0.05) is 24.1 Å². The number of rotatable bonds is 3. The van der Waals surface area contributed by atoms with Gasteiger partial charge < -0.3 is 15.0 Å². The molecule has 3 rings (SSSR count). The minimum Gasteiger partial charge on any atom is -0.490 e. The molecule has 1 unspecified atom stereocenters. The predicted molar refractivity (Wildman–Crippen MR) is 94.3 cm³/mol. The zero-order valence-corrected chi connectivity index (χ0v) is 14.6. The molecule has 1 atom stereocenters. The summed E-state index contributed by atoms with van der Waals surface area (Å²) in [6, 6.07) is 8.24. The van der Waals surface area contributed by atoms with Crippen molar-refractivity contribution in [3.05, 3.63) is 29.8 Å². The standard InChI is InChI=1S/C18H26N2O2.ClH/c1-14-5-7-15(8-6-14)22-16-9-12-20(13-10-16)18(21)17-4-2-3-11-19-17;/h5-8,16-17,19H,2-4,9-13H2,1H3;1H. The van der Waals surface area contributed by atoms with Crippen LogP contribution in [0.5, 0.6) is 5.75 Å². The smallest absolute Gasteiger partial charge is 0.239 e. The first-order valence-corrected chi connectivity index (χ1v) is 8.48. The van der Waals surface area contributed by atoms with Crippen molar-refractivity contribution < 1.29 is 9.53 Å². The summed E-state index contributed by atoms with van der Waals surface area (Å²) in [7, 11) is 0. The molecule has 1 N–H and O–H groups in total. The minimum absolute atomic E-state index is 0. The Morgan fingerprint density at radius 1 is 1.13 bits per heavy atom. The third kappa shape index (κ3) is 4.85. The van der Waals surface area contributed by atoms with Gasteiger partial charge in [-0.15, -0.1) is 12.4 Å². The number of nitrogens with one attached hydrogen (secondary N) is 1. The Bertz CT molecular complexity index is 492. The Hall–Kier alpha value is -1.26. The van der Waals surface area contributed by atoms with Crippen molar-refractivity contribution in [3.8, 4) is 5.75 Å². The second kappa shape index (κ2) is 8.55. The first-order chi connectivity index (χ1) is 10.7. The molecule has 2 fully saturated rings. The van der Waals surface area contributed by atoms with Gasteiger partial charge in [-0.25, -0.2) is 0 Å². The first-order valence-electron chi connectivity index (χ1n) is 8.48. The molecule has 2 saturated heterocycles. The number of carbonyl (C=O) groups excluding carboxylic acids is 1. The lowest BCUT2D eigenvalue weighted by molar-refractivity contribution is -0.135. The molecular formula is C18H27ClN2O2. The first kappa shape index (κ1) is 18.1. The number of hydrogen-bond donors (Lipinski definition) is 1. The molecule has 0 saturated carbocycles. The average molecular weight is 339 g/mol. The van der Waals surface area contributed by atoms with Crippen LogP contribution < -0.4 is 10.1 Å². The van der Waals surface area contributed by atoms with E-state index in [1.807, 2.05) is 17.0 Å². The Kier molecular flexibility index (Phi) is 6.72. The SMILES string of the molecule is Cc1ccc(OC2CCN(C(=O)C3CCCCN3)CC2)cc1.Cl. The van der Waals surface area contributed by atoms with Crippen LogP contribution in [-0.4, -0.2) is 42.6 Å². The van der Waals surface area contributed by atoms with E-state index >= 15 is 0 Å². The normalized spacial score (nSPS) is 22.3. The zero-order chi connectivity index (χ0) is 15.4. The Morgan fingerprint density at radius 2 is 1.83 bits per heavy atom. The summed E-state index contributed by atoms with van der Waals surface area (Å²) in [4.78, 5) is 14.5. The maximum Gasteiger partial charge on any atom is 0.239 e. The molecule has 4 nitrogen and oxygen atoms in total. The molecule has 1 amide bonds. The number of benzene rings is 1. The molecule has 0 aliphatic carbocycles. The van der Waals surface area contributed by atoms with Crippen LogP contribution in [0.3, 0.4) is 0 Å². The van der Waals surface area contributed by atoms with Crippen LogP contribution in [0.2, 0.25) is 0 Å². The molecular weight excluding hydrogens is 312 g/mol. The fourth-order valence-corrected chi connectivity index (χ4v) is 3.29. The predicted octanol–water partition coefficient (Wildman–Crippen LogP) is 2.93. The molecule has 5 heteroatoms. The van der Waals surface area contributed by atoms with E-state index in [4.69, 9.17) is 4.74 Å². The van der Waals surface area contributed by atoms with Gasteiger partial charge in [-0.2, -0.15) is 0 Å². The summed E-state index contributed by atoms with van der Waals surface area (Å²) in [5, 5.41) is 3.35. The van der Waals surface area contributed by atoms with Gasteiger partial charge in [0, 0.05) is 25.9 Å². The number of carbonyl (C=O) groups is 1. The van der Waals surface area contributed by atoms with Crippen molar-refractivity contribution >= 4 is 18.3 Å². The summed E-state index contributed by atoms with van der Waals surface area (Å²) in [5.74, 6) is 1.22. The van der Waals surface area contributed by atoms with E-state index in [-0.39, 0.29) is 30.5 Å². The molecule has 2 aliphatic heterocycles. The Balaban J connectivity index is 0.00000192. The maximum absolute atomic E-state index is 12.5. The molecule has 2 heterocycles. The monoisotopic (exact) mass is 338 g/mol. The van der Waals surface area contributed by atoms with Crippen molar-refractivity contribution in [2.75, 3.05) is 19.6 Å². The summed E-state index contributed by atoms with van der Waals surface area (Å²) in [5.41, 5.74) is 1.24. The molecule has 0 radical (unpaired) electrons. The van der Waals surface area contributed by atoms with Gasteiger partial charge in [-0.3, -0.25) is 4.79 Å². The maximum atomic E-state index is 12.5. The third-order valence-corrected chi connectivity index (χ3v) is 4.69. The van der Waals surface area contributed by atoms with Gasteiger partial charge in [0.1, 0.15) is 11.9 Å². The van der Waals surface area contributed by atoms with Crippen LogP contribution >= 0.6 is 12.4 Å². The van der Waals surface area contributed by atoms with Gasteiger partial charge >= 0.3 is 0 Å². The van der Waals surface area contributed by atoms with E-state index in [0.29, 0.717) is 0 Å². The van der Waals surface area contributed by atoms with Crippen molar-refractivity contribution in [1.82, 2.24) is 10.2 Å². The molecule has 0 spiro atoms.